The molecule has 0 spiro atoms. The van der Waals surface area contributed by atoms with E-state index < -0.39 is 29.4 Å². The lowest BCUT2D eigenvalue weighted by Gasteiger charge is -2.41. The van der Waals surface area contributed by atoms with Crippen LogP contribution < -0.4 is 10.2 Å². The lowest BCUT2D eigenvalue weighted by atomic mass is 10.1. The molecule has 2 saturated heterocycles. The molecule has 4 heterocycles. The summed E-state index contributed by atoms with van der Waals surface area (Å²) in [6.45, 7) is 5.19. The third kappa shape index (κ3) is 5.42. The van der Waals surface area contributed by atoms with Crippen LogP contribution in [0.15, 0.2) is 42.7 Å². The van der Waals surface area contributed by atoms with E-state index in [-0.39, 0.29) is 48.9 Å². The van der Waals surface area contributed by atoms with Crippen LogP contribution in [0.5, 0.6) is 0 Å². The first-order valence-corrected chi connectivity index (χ1v) is 13.1. The highest BCUT2D eigenvalue weighted by Crippen LogP contribution is 2.32. The Kier molecular flexibility index (Phi) is 7.84. The molecule has 2 fully saturated rings. The SMILES string of the molecule is C=C(F)C(=O)N1CCN(c2nc(NCC3CCCN3C)nc3nc(-c4ccccc4F)c(F)cc23)CC1CC#N. The number of likely N-dealkylation sites (tertiary alicyclic amines) is 1. The summed E-state index contributed by atoms with van der Waals surface area (Å²) in [5.41, 5.74) is 0.00665. The first kappa shape index (κ1) is 27.3. The van der Waals surface area contributed by atoms with Crippen LogP contribution >= 0.6 is 0 Å². The minimum atomic E-state index is -1.10. The molecule has 2 unspecified atom stereocenters. The van der Waals surface area contributed by atoms with Gasteiger partial charge < -0.3 is 20.0 Å². The Bertz CT molecular complexity index is 1490. The number of carbonyl (C=O) groups excluding carboxylic acids is 1. The lowest BCUT2D eigenvalue weighted by Crippen LogP contribution is -2.55. The molecular weight excluding hydrogens is 521 g/mol. The van der Waals surface area contributed by atoms with Crippen molar-refractivity contribution in [2.24, 2.45) is 0 Å². The summed E-state index contributed by atoms with van der Waals surface area (Å²) in [6, 6.07) is 8.73. The number of fused-ring (bicyclic) bond motifs is 1. The number of hydrogen-bond donors (Lipinski definition) is 1. The number of halogens is 3. The third-order valence-electron chi connectivity index (χ3n) is 7.52. The summed E-state index contributed by atoms with van der Waals surface area (Å²) in [5, 5.41) is 12.9. The van der Waals surface area contributed by atoms with Gasteiger partial charge in [-0.2, -0.15) is 15.2 Å². The Labute approximate surface area is 229 Å². The van der Waals surface area contributed by atoms with Gasteiger partial charge in [-0.1, -0.05) is 18.7 Å². The first-order chi connectivity index (χ1) is 19.3. The van der Waals surface area contributed by atoms with Crippen molar-refractivity contribution in [3.8, 4) is 17.3 Å². The number of nitriles is 1. The molecule has 12 heteroatoms. The number of anilines is 2. The number of nitrogens with one attached hydrogen (secondary N) is 1. The van der Waals surface area contributed by atoms with E-state index in [0.29, 0.717) is 23.8 Å². The average molecular weight is 551 g/mol. The highest BCUT2D eigenvalue weighted by atomic mass is 19.1. The van der Waals surface area contributed by atoms with Gasteiger partial charge in [0.15, 0.2) is 11.5 Å². The second-order valence-corrected chi connectivity index (χ2v) is 10.1. The van der Waals surface area contributed by atoms with Gasteiger partial charge in [-0.05, 0) is 44.6 Å². The highest BCUT2D eigenvalue weighted by Gasteiger charge is 2.33. The molecule has 0 bridgehead atoms. The van der Waals surface area contributed by atoms with E-state index in [1.807, 2.05) is 11.0 Å². The number of hydrogen-bond acceptors (Lipinski definition) is 8. The summed E-state index contributed by atoms with van der Waals surface area (Å²) in [4.78, 5) is 31.4. The number of pyridine rings is 1. The molecule has 40 heavy (non-hydrogen) atoms. The summed E-state index contributed by atoms with van der Waals surface area (Å²) in [6.07, 6.45) is 2.08. The molecule has 0 aliphatic carbocycles. The first-order valence-electron chi connectivity index (χ1n) is 13.1. The predicted octanol–water partition coefficient (Wildman–Crippen LogP) is 3.89. The number of benzene rings is 1. The Morgan fingerprint density at radius 3 is 2.65 bits per heavy atom. The van der Waals surface area contributed by atoms with E-state index in [4.69, 9.17) is 4.98 Å². The number of carbonyl (C=O) groups is 1. The Balaban J connectivity index is 1.56. The number of aromatic nitrogens is 3. The van der Waals surface area contributed by atoms with Crippen LogP contribution in [0.4, 0.5) is 24.9 Å². The molecule has 0 radical (unpaired) electrons. The van der Waals surface area contributed by atoms with E-state index in [1.54, 1.807) is 6.07 Å². The van der Waals surface area contributed by atoms with Crippen molar-refractivity contribution in [2.75, 3.05) is 50.0 Å². The van der Waals surface area contributed by atoms with E-state index in [1.165, 1.54) is 29.2 Å². The summed E-state index contributed by atoms with van der Waals surface area (Å²) in [7, 11) is 2.05. The molecule has 2 aliphatic rings. The Hall–Kier alpha value is -4.24. The fourth-order valence-electron chi connectivity index (χ4n) is 5.37. The molecular formula is C28H29F3N8O. The minimum absolute atomic E-state index is 0.0109. The minimum Gasteiger partial charge on any atom is -0.353 e. The maximum atomic E-state index is 15.4. The Morgan fingerprint density at radius 1 is 1.15 bits per heavy atom. The predicted molar refractivity (Wildman–Crippen MR) is 145 cm³/mol. The molecule has 3 aromatic rings. The van der Waals surface area contributed by atoms with Crippen molar-refractivity contribution < 1.29 is 18.0 Å². The van der Waals surface area contributed by atoms with Crippen LogP contribution in [-0.4, -0.2) is 82.5 Å². The van der Waals surface area contributed by atoms with Gasteiger partial charge in [-0.15, -0.1) is 0 Å². The lowest BCUT2D eigenvalue weighted by molar-refractivity contribution is -0.131. The zero-order chi connectivity index (χ0) is 28.4. The summed E-state index contributed by atoms with van der Waals surface area (Å²) in [5.74, 6) is -2.69. The third-order valence-corrected chi connectivity index (χ3v) is 7.52. The van der Waals surface area contributed by atoms with Crippen molar-refractivity contribution in [2.45, 2.75) is 31.3 Å². The number of likely N-dealkylation sites (N-methyl/N-ethyl adjacent to an activating group) is 1. The smallest absolute Gasteiger partial charge is 0.282 e. The van der Waals surface area contributed by atoms with Gasteiger partial charge >= 0.3 is 0 Å². The Morgan fingerprint density at radius 2 is 1.95 bits per heavy atom. The van der Waals surface area contributed by atoms with Crippen molar-refractivity contribution >= 4 is 28.7 Å². The molecule has 1 aromatic carbocycles. The number of piperazine rings is 1. The molecule has 9 nitrogen and oxygen atoms in total. The maximum Gasteiger partial charge on any atom is 0.282 e. The molecule has 5 rings (SSSR count). The van der Waals surface area contributed by atoms with Crippen LogP contribution in [-0.2, 0) is 4.79 Å². The van der Waals surface area contributed by atoms with Crippen LogP contribution in [0.2, 0.25) is 0 Å². The van der Waals surface area contributed by atoms with Crippen LogP contribution in [0.1, 0.15) is 19.3 Å². The largest absolute Gasteiger partial charge is 0.353 e. The maximum absolute atomic E-state index is 15.4. The standard InChI is InChI=1S/C28H29F3N8O/c1-17(29)27(40)39-13-12-38(16-19(39)9-10-32)26-21-14-23(31)24(20-7-3-4-8-22(20)30)34-25(21)35-28(36-26)33-15-18-6-5-11-37(18)2/h3-4,7-8,14,18-19H,1,5-6,9,11-13,15-16H2,2H3,(H,33,34,35,36). The van der Waals surface area contributed by atoms with Gasteiger partial charge in [-0.25, -0.2) is 18.2 Å². The van der Waals surface area contributed by atoms with Crippen molar-refractivity contribution in [3.05, 3.63) is 54.4 Å². The van der Waals surface area contributed by atoms with Crippen molar-refractivity contribution in [3.63, 3.8) is 0 Å². The fourth-order valence-corrected chi connectivity index (χ4v) is 5.37. The van der Waals surface area contributed by atoms with Crippen LogP contribution in [0.3, 0.4) is 0 Å². The topological polar surface area (TPSA) is 101 Å². The van der Waals surface area contributed by atoms with Gasteiger partial charge in [0.05, 0.1) is 23.9 Å². The van der Waals surface area contributed by atoms with Gasteiger partial charge in [0.25, 0.3) is 5.91 Å². The number of rotatable bonds is 7. The molecule has 2 atom stereocenters. The highest BCUT2D eigenvalue weighted by molar-refractivity contribution is 5.92. The summed E-state index contributed by atoms with van der Waals surface area (Å²) >= 11 is 0. The zero-order valence-corrected chi connectivity index (χ0v) is 22.1. The van der Waals surface area contributed by atoms with Gasteiger partial charge in [0.2, 0.25) is 5.95 Å². The zero-order valence-electron chi connectivity index (χ0n) is 22.1. The van der Waals surface area contributed by atoms with Gasteiger partial charge in [0.1, 0.15) is 23.1 Å². The normalized spacial score (nSPS) is 19.6. The second kappa shape index (κ2) is 11.5. The van der Waals surface area contributed by atoms with Crippen molar-refractivity contribution in [1.29, 1.82) is 5.26 Å². The number of amides is 1. The second-order valence-electron chi connectivity index (χ2n) is 10.1. The monoisotopic (exact) mass is 550 g/mol. The average Bonchev–Trinajstić information content (AvgIpc) is 3.36. The quantitative estimate of drug-likeness (QED) is 0.443. The van der Waals surface area contributed by atoms with E-state index in [0.717, 1.165) is 19.4 Å². The molecule has 1 amide bonds. The molecule has 208 valence electrons. The van der Waals surface area contributed by atoms with E-state index in [2.05, 4.69) is 33.8 Å². The molecule has 0 saturated carbocycles. The van der Waals surface area contributed by atoms with Gasteiger partial charge in [0, 0.05) is 37.8 Å². The van der Waals surface area contributed by atoms with E-state index in [9.17, 15) is 18.8 Å². The fraction of sp³-hybridized carbons (Fsp3) is 0.393. The van der Waals surface area contributed by atoms with Crippen LogP contribution in [0, 0.1) is 23.0 Å². The van der Waals surface area contributed by atoms with Crippen molar-refractivity contribution in [1.82, 2.24) is 24.8 Å². The van der Waals surface area contributed by atoms with E-state index >= 15 is 4.39 Å². The number of nitrogens with zero attached hydrogens (tertiary/aromatic N) is 7. The molecule has 2 aromatic heterocycles. The van der Waals surface area contributed by atoms with Gasteiger partial charge in [-0.3, -0.25) is 4.79 Å². The summed E-state index contributed by atoms with van der Waals surface area (Å²) < 4.78 is 43.6. The molecule has 2 aliphatic heterocycles. The van der Waals surface area contributed by atoms with Crippen LogP contribution in [0.25, 0.3) is 22.3 Å². The molecule has 1 N–H and O–H groups in total.